The zero-order valence-electron chi connectivity index (χ0n) is 20.0. The Bertz CT molecular complexity index is 909. The molecule has 180 valence electrons. The first-order valence-electron chi connectivity index (χ1n) is 11.6. The number of allylic oxidation sites excluding steroid dienone is 1. The first kappa shape index (κ1) is 27.1. The van der Waals surface area contributed by atoms with Crippen molar-refractivity contribution in [1.29, 1.82) is 0 Å². The Labute approximate surface area is 205 Å². The van der Waals surface area contributed by atoms with Gasteiger partial charge in [-0.3, -0.25) is 14.5 Å². The summed E-state index contributed by atoms with van der Waals surface area (Å²) in [7, 11) is 0. The normalized spacial score (nSPS) is 15.2. The Hall–Kier alpha value is -2.12. The summed E-state index contributed by atoms with van der Waals surface area (Å²) in [6.45, 7) is 5.86. The van der Waals surface area contributed by atoms with Crippen LogP contribution in [0.4, 0.5) is 10.1 Å². The number of nitrogens with one attached hydrogen (secondary N) is 1. The minimum Gasteiger partial charge on any atom is -0.351 e. The molecule has 0 aliphatic heterocycles. The van der Waals surface area contributed by atoms with Crippen molar-refractivity contribution in [3.8, 4) is 0 Å². The minimum absolute atomic E-state index is 0.116. The summed E-state index contributed by atoms with van der Waals surface area (Å²) in [5.41, 5.74) is 0.388. The third kappa shape index (κ3) is 7.71. The Morgan fingerprint density at radius 3 is 2.52 bits per heavy atom. The molecule has 1 aliphatic carbocycles. The molecule has 0 spiro atoms. The average molecular weight is 491 g/mol. The number of carbonyl (C=O) groups excluding carboxylic acids is 2. The van der Waals surface area contributed by atoms with Gasteiger partial charge in [0.25, 0.3) is 0 Å². The number of hydrogen-bond acceptors (Lipinski definition) is 4. The van der Waals surface area contributed by atoms with Gasteiger partial charge < -0.3 is 5.32 Å². The van der Waals surface area contributed by atoms with Gasteiger partial charge in [-0.15, -0.1) is 23.1 Å². The summed E-state index contributed by atoms with van der Waals surface area (Å²) >= 11 is 2.93. The van der Waals surface area contributed by atoms with Crippen LogP contribution < -0.4 is 10.2 Å². The number of nitrogens with zero attached hydrogens (tertiary/aromatic N) is 1. The van der Waals surface area contributed by atoms with E-state index in [1.807, 2.05) is 50.6 Å². The second-order valence-corrected chi connectivity index (χ2v) is 9.55. The number of carbonyl (C=O) groups is 2. The monoisotopic (exact) mass is 490 g/mol. The largest absolute Gasteiger partial charge is 0.351 e. The van der Waals surface area contributed by atoms with Gasteiger partial charge in [0, 0.05) is 21.5 Å². The lowest BCUT2D eigenvalue weighted by Gasteiger charge is -2.34. The molecule has 1 unspecified atom stereocenters. The van der Waals surface area contributed by atoms with Gasteiger partial charge in [-0.25, -0.2) is 4.39 Å². The van der Waals surface area contributed by atoms with Gasteiger partial charge in [-0.05, 0) is 55.7 Å². The number of halogens is 1. The SMILES string of the molecule is C/C=C(\SC)C(C(=O)NC1CCCCC1)N(C(=O)Cc1cccs1)c1cccc(F)c1.CC. The van der Waals surface area contributed by atoms with Crippen LogP contribution in [0.3, 0.4) is 0 Å². The van der Waals surface area contributed by atoms with Crippen LogP contribution in [0.25, 0.3) is 0 Å². The first-order valence-corrected chi connectivity index (χ1v) is 13.7. The fourth-order valence-electron chi connectivity index (χ4n) is 4.00. The van der Waals surface area contributed by atoms with Crippen molar-refractivity contribution in [3.63, 3.8) is 0 Å². The maximum atomic E-state index is 14.1. The maximum Gasteiger partial charge on any atom is 0.248 e. The molecule has 3 rings (SSSR count). The summed E-state index contributed by atoms with van der Waals surface area (Å²) in [6.07, 6.45) is 9.20. The van der Waals surface area contributed by atoms with Crippen molar-refractivity contribution in [1.82, 2.24) is 5.32 Å². The molecule has 0 saturated heterocycles. The molecule has 33 heavy (non-hydrogen) atoms. The molecule has 2 aromatic rings. The third-order valence-electron chi connectivity index (χ3n) is 5.51. The number of amides is 2. The second-order valence-electron chi connectivity index (χ2n) is 7.64. The van der Waals surface area contributed by atoms with Crippen LogP contribution in [-0.2, 0) is 16.0 Å². The number of thioether (sulfide) groups is 1. The molecule has 1 aliphatic rings. The van der Waals surface area contributed by atoms with E-state index < -0.39 is 11.9 Å². The highest BCUT2D eigenvalue weighted by molar-refractivity contribution is 8.02. The fourth-order valence-corrected chi connectivity index (χ4v) is 5.37. The highest BCUT2D eigenvalue weighted by Gasteiger charge is 2.35. The molecule has 1 heterocycles. The molecule has 7 heteroatoms. The Morgan fingerprint density at radius 1 is 1.21 bits per heavy atom. The van der Waals surface area contributed by atoms with Gasteiger partial charge in [-0.1, -0.05) is 51.3 Å². The van der Waals surface area contributed by atoms with Crippen molar-refractivity contribution < 1.29 is 14.0 Å². The lowest BCUT2D eigenvalue weighted by molar-refractivity contribution is -0.126. The summed E-state index contributed by atoms with van der Waals surface area (Å²) in [5.74, 6) is -0.882. The Morgan fingerprint density at radius 2 is 1.94 bits per heavy atom. The molecule has 0 bridgehead atoms. The van der Waals surface area contributed by atoms with Crippen molar-refractivity contribution >= 4 is 40.6 Å². The van der Waals surface area contributed by atoms with E-state index in [4.69, 9.17) is 0 Å². The predicted octanol–water partition coefficient (Wildman–Crippen LogP) is 6.57. The number of anilines is 1. The molecule has 1 saturated carbocycles. The summed E-state index contributed by atoms with van der Waals surface area (Å²) < 4.78 is 14.1. The van der Waals surface area contributed by atoms with Gasteiger partial charge in [0.15, 0.2) is 0 Å². The molecule has 4 nitrogen and oxygen atoms in total. The Balaban J connectivity index is 0.00000187. The number of benzene rings is 1. The van der Waals surface area contributed by atoms with Crippen LogP contribution in [0.2, 0.25) is 0 Å². The van der Waals surface area contributed by atoms with Crippen LogP contribution in [-0.4, -0.2) is 30.2 Å². The summed E-state index contributed by atoms with van der Waals surface area (Å²) in [4.78, 5) is 30.2. The van der Waals surface area contributed by atoms with Crippen molar-refractivity contribution in [2.24, 2.45) is 0 Å². The highest BCUT2D eigenvalue weighted by atomic mass is 32.2. The predicted molar refractivity (Wildman–Crippen MR) is 139 cm³/mol. The molecule has 1 fully saturated rings. The zero-order chi connectivity index (χ0) is 24.2. The van der Waals surface area contributed by atoms with Crippen LogP contribution in [0, 0.1) is 5.82 Å². The third-order valence-corrected chi connectivity index (χ3v) is 7.32. The van der Waals surface area contributed by atoms with E-state index in [1.54, 1.807) is 12.1 Å². The van der Waals surface area contributed by atoms with Crippen molar-refractivity contribution in [3.05, 3.63) is 63.5 Å². The molecule has 1 aromatic carbocycles. The van der Waals surface area contributed by atoms with Crippen LogP contribution >= 0.6 is 23.1 Å². The molecular weight excluding hydrogens is 455 g/mol. The quantitative estimate of drug-likeness (QED) is 0.455. The van der Waals surface area contributed by atoms with Gasteiger partial charge in [0.2, 0.25) is 11.8 Å². The zero-order valence-corrected chi connectivity index (χ0v) is 21.6. The molecule has 1 N–H and O–H groups in total. The molecular formula is C26H35FN2O2S2. The molecule has 0 radical (unpaired) electrons. The van der Waals surface area contributed by atoms with Gasteiger partial charge in [0.05, 0.1) is 6.42 Å². The number of rotatable bonds is 8. The van der Waals surface area contributed by atoms with E-state index >= 15 is 0 Å². The average Bonchev–Trinajstić information content (AvgIpc) is 3.34. The molecule has 2 amide bonds. The summed E-state index contributed by atoms with van der Waals surface area (Å²) in [6, 6.07) is 8.99. The first-order chi connectivity index (χ1) is 16.0. The topological polar surface area (TPSA) is 49.4 Å². The van der Waals surface area contributed by atoms with Crippen LogP contribution in [0.15, 0.2) is 52.8 Å². The van der Waals surface area contributed by atoms with Crippen LogP contribution in [0.5, 0.6) is 0 Å². The molecule has 1 atom stereocenters. The fraction of sp³-hybridized carbons (Fsp3) is 0.462. The van der Waals surface area contributed by atoms with Crippen LogP contribution in [0.1, 0.15) is 57.8 Å². The summed E-state index contributed by atoms with van der Waals surface area (Å²) in [5, 5.41) is 5.09. The number of thiophene rings is 1. The van der Waals surface area contributed by atoms with E-state index in [2.05, 4.69) is 5.32 Å². The minimum atomic E-state index is -0.837. The highest BCUT2D eigenvalue weighted by Crippen LogP contribution is 2.29. The van der Waals surface area contributed by atoms with Gasteiger partial charge in [-0.2, -0.15) is 0 Å². The standard InChI is InChI=1S/C24H29FN2O2S2.C2H6/c1-3-21(30-2)23(24(29)26-18-10-5-4-6-11-18)27(19-12-7-9-17(25)15-19)22(28)16-20-13-8-14-31-20;1-2/h3,7-9,12-15,18,23H,4-6,10-11,16H2,1-2H3,(H,26,29);1-2H3/b21-3-;. The Kier molecular flexibility index (Phi) is 11.7. The lowest BCUT2D eigenvalue weighted by atomic mass is 9.95. The van der Waals surface area contributed by atoms with E-state index in [-0.39, 0.29) is 24.3 Å². The van der Waals surface area contributed by atoms with E-state index in [1.165, 1.54) is 46.6 Å². The van der Waals surface area contributed by atoms with Gasteiger partial charge >= 0.3 is 0 Å². The smallest absolute Gasteiger partial charge is 0.248 e. The van der Waals surface area contributed by atoms with E-state index in [0.29, 0.717) is 5.69 Å². The second kappa shape index (κ2) is 14.2. The maximum absolute atomic E-state index is 14.1. The van der Waals surface area contributed by atoms with E-state index in [0.717, 1.165) is 35.5 Å². The van der Waals surface area contributed by atoms with E-state index in [9.17, 15) is 14.0 Å². The van der Waals surface area contributed by atoms with Crippen molar-refractivity contribution in [2.45, 2.75) is 71.4 Å². The lowest BCUT2D eigenvalue weighted by Crippen LogP contribution is -2.53. The van der Waals surface area contributed by atoms with Gasteiger partial charge in [0.1, 0.15) is 11.9 Å². The molecule has 1 aromatic heterocycles. The number of hydrogen-bond donors (Lipinski definition) is 1. The van der Waals surface area contributed by atoms with Crippen molar-refractivity contribution in [2.75, 3.05) is 11.2 Å².